The fourth-order valence-electron chi connectivity index (χ4n) is 4.43. The van der Waals surface area contributed by atoms with Crippen LogP contribution in [0, 0.1) is 6.92 Å². The second-order valence-corrected chi connectivity index (χ2v) is 8.63. The molecule has 35 heavy (non-hydrogen) atoms. The predicted molar refractivity (Wildman–Crippen MR) is 127 cm³/mol. The van der Waals surface area contributed by atoms with Gasteiger partial charge in [0.25, 0.3) is 6.43 Å². The molecule has 0 bridgehead atoms. The maximum absolute atomic E-state index is 14.0. The fourth-order valence-corrected chi connectivity index (χ4v) is 4.62. The highest BCUT2D eigenvalue weighted by Gasteiger charge is 2.29. The van der Waals surface area contributed by atoms with Crippen LogP contribution in [0.15, 0.2) is 24.3 Å². The lowest BCUT2D eigenvalue weighted by molar-refractivity contribution is -0.0363. The zero-order valence-electron chi connectivity index (χ0n) is 19.4. The molecule has 0 radical (unpaired) electrons. The van der Waals surface area contributed by atoms with Crippen molar-refractivity contribution in [3.63, 3.8) is 0 Å². The van der Waals surface area contributed by atoms with E-state index in [4.69, 9.17) is 21.1 Å². The number of ether oxygens (including phenoxy) is 2. The quantitative estimate of drug-likeness (QED) is 0.343. The average Bonchev–Trinajstić information content (AvgIpc) is 3.39. The minimum absolute atomic E-state index is 0.136. The smallest absolute Gasteiger partial charge is 0.295 e. The number of fused-ring (bicyclic) bond motifs is 1. The van der Waals surface area contributed by atoms with Crippen molar-refractivity contribution in [2.45, 2.75) is 38.8 Å². The van der Waals surface area contributed by atoms with Crippen LogP contribution in [0.2, 0.25) is 5.15 Å². The molecule has 0 spiro atoms. The van der Waals surface area contributed by atoms with E-state index in [0.717, 1.165) is 12.8 Å². The van der Waals surface area contributed by atoms with Crippen LogP contribution >= 0.6 is 11.6 Å². The standard InChI is InChI=1S/C23H24ClF2N7O2/c1-12-27-21(32(2)31-12)13-7-6-8-14(19(13)34-3)28-15-11-16(24)29-22-18(15)30-23(20(25)26)33(22)17-9-4-5-10-35-17/h6-8,11,17,20H,4-5,9-10H2,1-3H3,(H,28,29). The molecule has 1 atom stereocenters. The van der Waals surface area contributed by atoms with Crippen molar-refractivity contribution in [2.75, 3.05) is 19.0 Å². The number of nitrogens with zero attached hydrogens (tertiary/aromatic N) is 6. The summed E-state index contributed by atoms with van der Waals surface area (Å²) in [6.45, 7) is 2.30. The third-order valence-corrected chi connectivity index (χ3v) is 6.08. The first-order valence-corrected chi connectivity index (χ1v) is 11.5. The molecule has 1 fully saturated rings. The largest absolute Gasteiger partial charge is 0.494 e. The van der Waals surface area contributed by atoms with E-state index in [1.807, 2.05) is 12.1 Å². The Morgan fingerprint density at radius 2 is 2.03 bits per heavy atom. The minimum Gasteiger partial charge on any atom is -0.494 e. The summed E-state index contributed by atoms with van der Waals surface area (Å²) in [6, 6.07) is 7.06. The zero-order chi connectivity index (χ0) is 24.7. The van der Waals surface area contributed by atoms with Gasteiger partial charge in [0.05, 0.1) is 24.0 Å². The van der Waals surface area contributed by atoms with E-state index in [0.29, 0.717) is 47.4 Å². The van der Waals surface area contributed by atoms with Crippen LogP contribution in [0.4, 0.5) is 20.2 Å². The van der Waals surface area contributed by atoms with E-state index in [1.54, 1.807) is 37.9 Å². The van der Waals surface area contributed by atoms with Gasteiger partial charge in [-0.3, -0.25) is 4.57 Å². The first-order chi connectivity index (χ1) is 16.9. The molecule has 0 aliphatic carbocycles. The molecule has 5 rings (SSSR count). The SMILES string of the molecule is COc1c(Nc2cc(Cl)nc3c2nc(C(F)F)n3C2CCCCO2)cccc1-c1nc(C)nn1C. The van der Waals surface area contributed by atoms with Crippen molar-refractivity contribution in [1.29, 1.82) is 0 Å². The van der Waals surface area contributed by atoms with Gasteiger partial charge >= 0.3 is 0 Å². The number of nitrogens with one attached hydrogen (secondary N) is 1. The lowest BCUT2D eigenvalue weighted by atomic mass is 10.1. The first-order valence-electron chi connectivity index (χ1n) is 11.2. The van der Waals surface area contributed by atoms with Gasteiger partial charge in [0.1, 0.15) is 22.7 Å². The number of methoxy groups -OCH3 is 1. The third kappa shape index (κ3) is 4.30. The van der Waals surface area contributed by atoms with Crippen LogP contribution in [0.3, 0.4) is 0 Å². The number of halogens is 3. The van der Waals surface area contributed by atoms with E-state index >= 15 is 0 Å². The maximum Gasteiger partial charge on any atom is 0.295 e. The Balaban J connectivity index is 1.64. The van der Waals surface area contributed by atoms with Gasteiger partial charge in [-0.1, -0.05) is 17.7 Å². The van der Waals surface area contributed by atoms with Crippen molar-refractivity contribution in [3.8, 4) is 17.1 Å². The molecule has 4 aromatic rings. The molecule has 1 aromatic carbocycles. The maximum atomic E-state index is 14.0. The van der Waals surface area contributed by atoms with Crippen molar-refractivity contribution >= 4 is 34.1 Å². The van der Waals surface area contributed by atoms with Gasteiger partial charge < -0.3 is 14.8 Å². The van der Waals surface area contributed by atoms with Crippen LogP contribution in [0.1, 0.15) is 43.6 Å². The summed E-state index contributed by atoms with van der Waals surface area (Å²) in [4.78, 5) is 13.1. The molecule has 9 nitrogen and oxygen atoms in total. The Labute approximate surface area is 205 Å². The van der Waals surface area contributed by atoms with E-state index in [-0.39, 0.29) is 16.3 Å². The second-order valence-electron chi connectivity index (χ2n) is 8.24. The molecule has 0 amide bonds. The van der Waals surface area contributed by atoms with E-state index in [9.17, 15) is 8.78 Å². The van der Waals surface area contributed by atoms with Gasteiger partial charge in [0.15, 0.2) is 23.0 Å². The molecule has 12 heteroatoms. The molecular formula is C23H24ClF2N7O2. The monoisotopic (exact) mass is 503 g/mol. The number of imidazole rings is 1. The van der Waals surface area contributed by atoms with Crippen LogP contribution in [0.25, 0.3) is 22.6 Å². The highest BCUT2D eigenvalue weighted by Crippen LogP contribution is 2.40. The molecule has 1 unspecified atom stereocenters. The van der Waals surface area contributed by atoms with Crippen LogP contribution in [-0.4, -0.2) is 43.0 Å². The van der Waals surface area contributed by atoms with Crippen LogP contribution in [0.5, 0.6) is 5.75 Å². The van der Waals surface area contributed by atoms with Gasteiger partial charge in [-0.05, 0) is 38.3 Å². The summed E-state index contributed by atoms with van der Waals surface area (Å²) < 4.78 is 42.6. The first kappa shape index (κ1) is 23.4. The highest BCUT2D eigenvalue weighted by atomic mass is 35.5. The van der Waals surface area contributed by atoms with Crippen molar-refractivity contribution in [3.05, 3.63) is 41.1 Å². The Morgan fingerprint density at radius 3 is 2.69 bits per heavy atom. The second kappa shape index (κ2) is 9.38. The number of aryl methyl sites for hydroxylation is 2. The van der Waals surface area contributed by atoms with Crippen LogP contribution in [-0.2, 0) is 11.8 Å². The van der Waals surface area contributed by atoms with E-state index < -0.39 is 18.5 Å². The lowest BCUT2D eigenvalue weighted by Crippen LogP contribution is -2.20. The minimum atomic E-state index is -2.81. The average molecular weight is 504 g/mol. The number of para-hydroxylation sites is 1. The third-order valence-electron chi connectivity index (χ3n) is 5.88. The van der Waals surface area contributed by atoms with Crippen molar-refractivity contribution in [2.24, 2.45) is 7.05 Å². The number of rotatable bonds is 6. The summed E-state index contributed by atoms with van der Waals surface area (Å²) >= 11 is 6.34. The number of pyridine rings is 1. The molecule has 1 aliphatic heterocycles. The van der Waals surface area contributed by atoms with Gasteiger partial charge in [0.2, 0.25) is 0 Å². The Hall–Kier alpha value is -3.31. The summed E-state index contributed by atoms with van der Waals surface area (Å²) in [6.07, 6.45) is -1.04. The zero-order valence-corrected chi connectivity index (χ0v) is 20.2. The van der Waals surface area contributed by atoms with E-state index in [2.05, 4.69) is 25.4 Å². The normalized spacial score (nSPS) is 16.3. The van der Waals surface area contributed by atoms with E-state index in [1.165, 1.54) is 4.57 Å². The summed E-state index contributed by atoms with van der Waals surface area (Å²) in [5, 5.41) is 7.70. The molecule has 4 heterocycles. The van der Waals surface area contributed by atoms with Gasteiger partial charge in [-0.25, -0.2) is 28.4 Å². The number of alkyl halides is 2. The van der Waals surface area contributed by atoms with Crippen molar-refractivity contribution < 1.29 is 18.3 Å². The lowest BCUT2D eigenvalue weighted by Gasteiger charge is -2.25. The Kier molecular flexibility index (Phi) is 6.28. The molecule has 0 saturated carbocycles. The summed E-state index contributed by atoms with van der Waals surface area (Å²) in [7, 11) is 3.35. The summed E-state index contributed by atoms with van der Waals surface area (Å²) in [5.74, 6) is 1.35. The summed E-state index contributed by atoms with van der Waals surface area (Å²) in [5.41, 5.74) is 2.21. The van der Waals surface area contributed by atoms with Gasteiger partial charge in [-0.15, -0.1) is 0 Å². The van der Waals surface area contributed by atoms with Gasteiger partial charge in [-0.2, -0.15) is 5.10 Å². The molecule has 1 aliphatic rings. The number of hydrogen-bond donors (Lipinski definition) is 1. The fraction of sp³-hybridized carbons (Fsp3) is 0.391. The van der Waals surface area contributed by atoms with Crippen molar-refractivity contribution in [1.82, 2.24) is 29.3 Å². The Bertz CT molecular complexity index is 1380. The predicted octanol–water partition coefficient (Wildman–Crippen LogP) is 5.58. The Morgan fingerprint density at radius 1 is 1.20 bits per heavy atom. The number of benzene rings is 1. The molecule has 3 aromatic heterocycles. The number of anilines is 2. The van der Waals surface area contributed by atoms with Gasteiger partial charge in [0, 0.05) is 19.7 Å². The topological polar surface area (TPSA) is 91.9 Å². The number of aromatic nitrogens is 6. The molecular weight excluding hydrogens is 480 g/mol. The number of hydrogen-bond acceptors (Lipinski definition) is 7. The molecule has 184 valence electrons. The highest BCUT2D eigenvalue weighted by molar-refractivity contribution is 6.30. The molecule has 1 saturated heterocycles. The van der Waals surface area contributed by atoms with Crippen LogP contribution < -0.4 is 10.1 Å². The molecule has 1 N–H and O–H groups in total.